The molecule has 0 aliphatic heterocycles. The highest BCUT2D eigenvalue weighted by molar-refractivity contribution is 7.19. The van der Waals surface area contributed by atoms with E-state index in [2.05, 4.69) is 21.0 Å². The van der Waals surface area contributed by atoms with Crippen molar-refractivity contribution in [3.63, 3.8) is 0 Å². The van der Waals surface area contributed by atoms with Gasteiger partial charge in [0.05, 0.1) is 5.69 Å². The fraction of sp³-hybridized carbons (Fsp3) is 0.333. The molecule has 0 aromatic carbocycles. The zero-order valence-electron chi connectivity index (χ0n) is 7.12. The summed E-state index contributed by atoms with van der Waals surface area (Å²) < 4.78 is 0. The predicted molar refractivity (Wildman–Crippen MR) is 49.7 cm³/mol. The van der Waals surface area contributed by atoms with Gasteiger partial charge in [0.1, 0.15) is 0 Å². The highest BCUT2D eigenvalue weighted by atomic mass is 32.1. The van der Waals surface area contributed by atoms with Gasteiger partial charge in [-0.2, -0.15) is 0 Å². The lowest BCUT2D eigenvalue weighted by Crippen LogP contribution is -2.26. The summed E-state index contributed by atoms with van der Waals surface area (Å²) >= 11 is 1.09. The van der Waals surface area contributed by atoms with Crippen LogP contribution in [0.5, 0.6) is 0 Å². The number of nitrogens with zero attached hydrogens (tertiary/aromatic N) is 2. The quantitative estimate of drug-likeness (QED) is 0.569. The summed E-state index contributed by atoms with van der Waals surface area (Å²) in [6.07, 6.45) is 0. The predicted octanol–water partition coefficient (Wildman–Crippen LogP) is 1.31. The van der Waals surface area contributed by atoms with E-state index in [4.69, 9.17) is 0 Å². The maximum absolute atomic E-state index is 10.5. The number of hydrogen-bond donors (Lipinski definition) is 2. The van der Waals surface area contributed by atoms with Crippen LogP contribution in [0, 0.1) is 11.8 Å². The standard InChI is InChI=1S/C6H8N4O2S/c1-3-5(10-12)13-6(7-3)9-8-4(2)11/h1-2H3,(H,7,9)(H,8,11). The summed E-state index contributed by atoms with van der Waals surface area (Å²) in [4.78, 5) is 24.6. The normalized spacial score (nSPS) is 9.38. The third-order valence-electron chi connectivity index (χ3n) is 1.20. The van der Waals surface area contributed by atoms with Crippen LogP contribution >= 0.6 is 11.3 Å². The summed E-state index contributed by atoms with van der Waals surface area (Å²) in [5.41, 5.74) is 5.44. The first-order chi connectivity index (χ1) is 6.13. The Labute approximate surface area is 78.3 Å². The van der Waals surface area contributed by atoms with E-state index in [1.165, 1.54) is 6.92 Å². The Kier molecular flexibility index (Phi) is 2.91. The van der Waals surface area contributed by atoms with Gasteiger partial charge in [-0.25, -0.2) is 4.98 Å². The summed E-state index contributed by atoms with van der Waals surface area (Å²) in [5, 5.41) is 3.53. The lowest BCUT2D eigenvalue weighted by molar-refractivity contribution is -0.118. The van der Waals surface area contributed by atoms with E-state index in [0.717, 1.165) is 11.3 Å². The van der Waals surface area contributed by atoms with Gasteiger partial charge in [-0.3, -0.25) is 15.6 Å². The van der Waals surface area contributed by atoms with Crippen molar-refractivity contribution in [1.82, 2.24) is 10.4 Å². The molecule has 1 heterocycles. The molecular formula is C6H8N4O2S. The van der Waals surface area contributed by atoms with E-state index in [0.29, 0.717) is 15.8 Å². The van der Waals surface area contributed by atoms with E-state index in [-0.39, 0.29) is 5.91 Å². The molecule has 0 saturated heterocycles. The largest absolute Gasteiger partial charge is 0.274 e. The molecule has 13 heavy (non-hydrogen) atoms. The minimum atomic E-state index is -0.228. The lowest BCUT2D eigenvalue weighted by atomic mass is 10.5. The molecular weight excluding hydrogens is 192 g/mol. The summed E-state index contributed by atoms with van der Waals surface area (Å²) in [6.45, 7) is 3.04. The number of carbonyl (C=O) groups excluding carboxylic acids is 1. The van der Waals surface area contributed by atoms with Crippen LogP contribution in [0.3, 0.4) is 0 Å². The number of rotatable bonds is 3. The van der Waals surface area contributed by atoms with Crippen molar-refractivity contribution in [2.24, 2.45) is 5.18 Å². The Hall–Kier alpha value is -1.50. The number of aromatic nitrogens is 1. The average molecular weight is 200 g/mol. The molecule has 0 unspecified atom stereocenters. The molecule has 0 bridgehead atoms. The van der Waals surface area contributed by atoms with Crippen molar-refractivity contribution in [1.29, 1.82) is 0 Å². The Balaban J connectivity index is 2.68. The van der Waals surface area contributed by atoms with Gasteiger partial charge in [-0.05, 0) is 12.1 Å². The van der Waals surface area contributed by atoms with Crippen molar-refractivity contribution < 1.29 is 4.79 Å². The first-order valence-corrected chi connectivity index (χ1v) is 4.28. The Morgan fingerprint density at radius 2 is 2.31 bits per heavy atom. The van der Waals surface area contributed by atoms with Gasteiger partial charge in [0.25, 0.3) is 0 Å². The van der Waals surface area contributed by atoms with Gasteiger partial charge in [0.2, 0.25) is 11.0 Å². The minimum Gasteiger partial charge on any atom is -0.274 e. The number of nitroso groups, excluding NO2 is 1. The molecule has 1 aromatic rings. The highest BCUT2D eigenvalue weighted by Crippen LogP contribution is 2.29. The van der Waals surface area contributed by atoms with Crippen LogP contribution in [0.15, 0.2) is 5.18 Å². The molecule has 0 atom stereocenters. The Morgan fingerprint density at radius 3 is 2.77 bits per heavy atom. The average Bonchev–Trinajstić information content (AvgIpc) is 2.43. The monoisotopic (exact) mass is 200 g/mol. The van der Waals surface area contributed by atoms with Crippen molar-refractivity contribution >= 4 is 27.4 Å². The van der Waals surface area contributed by atoms with Crippen LogP contribution in [0.2, 0.25) is 0 Å². The first-order valence-electron chi connectivity index (χ1n) is 3.47. The molecule has 6 nitrogen and oxygen atoms in total. The minimum absolute atomic E-state index is 0.228. The fourth-order valence-corrected chi connectivity index (χ4v) is 1.37. The first kappa shape index (κ1) is 9.59. The number of thiazole rings is 1. The zero-order valence-corrected chi connectivity index (χ0v) is 7.94. The van der Waals surface area contributed by atoms with Crippen LogP contribution < -0.4 is 10.9 Å². The molecule has 0 fully saturated rings. The molecule has 1 rings (SSSR count). The van der Waals surface area contributed by atoms with Crippen molar-refractivity contribution in [2.75, 3.05) is 5.43 Å². The van der Waals surface area contributed by atoms with Gasteiger partial charge in [0, 0.05) is 6.92 Å². The molecule has 0 aliphatic rings. The van der Waals surface area contributed by atoms with E-state index in [1.807, 2.05) is 0 Å². The third kappa shape index (κ3) is 2.48. The van der Waals surface area contributed by atoms with Crippen LogP contribution in [0.1, 0.15) is 12.6 Å². The van der Waals surface area contributed by atoms with Gasteiger partial charge in [0.15, 0.2) is 5.00 Å². The van der Waals surface area contributed by atoms with Crippen molar-refractivity contribution in [2.45, 2.75) is 13.8 Å². The van der Waals surface area contributed by atoms with E-state index < -0.39 is 0 Å². The number of anilines is 1. The fourth-order valence-electron chi connectivity index (χ4n) is 0.668. The molecule has 1 aromatic heterocycles. The van der Waals surface area contributed by atoms with Crippen LogP contribution in [0.4, 0.5) is 10.1 Å². The van der Waals surface area contributed by atoms with Crippen LogP contribution in [-0.2, 0) is 4.79 Å². The number of hydrogen-bond acceptors (Lipinski definition) is 6. The third-order valence-corrected chi connectivity index (χ3v) is 2.15. The highest BCUT2D eigenvalue weighted by Gasteiger charge is 2.06. The second-order valence-electron chi connectivity index (χ2n) is 2.31. The molecule has 2 N–H and O–H groups in total. The van der Waals surface area contributed by atoms with Crippen molar-refractivity contribution in [3.8, 4) is 0 Å². The second kappa shape index (κ2) is 3.94. The van der Waals surface area contributed by atoms with Gasteiger partial charge < -0.3 is 0 Å². The number of carbonyl (C=O) groups is 1. The maximum atomic E-state index is 10.5. The lowest BCUT2D eigenvalue weighted by Gasteiger charge is -1.99. The molecule has 0 aliphatic carbocycles. The van der Waals surface area contributed by atoms with Crippen molar-refractivity contribution in [3.05, 3.63) is 10.6 Å². The molecule has 7 heteroatoms. The number of amides is 1. The number of hydrazine groups is 1. The van der Waals surface area contributed by atoms with Gasteiger partial charge in [-0.1, -0.05) is 11.3 Å². The Bertz CT molecular complexity index is 335. The maximum Gasteiger partial charge on any atom is 0.235 e. The van der Waals surface area contributed by atoms with E-state index in [1.54, 1.807) is 6.92 Å². The molecule has 70 valence electrons. The second-order valence-corrected chi connectivity index (χ2v) is 3.28. The van der Waals surface area contributed by atoms with E-state index >= 15 is 0 Å². The van der Waals surface area contributed by atoms with Crippen LogP contribution in [-0.4, -0.2) is 10.9 Å². The zero-order chi connectivity index (χ0) is 9.84. The Morgan fingerprint density at radius 1 is 1.62 bits per heavy atom. The number of aryl methyl sites for hydroxylation is 1. The molecule has 0 radical (unpaired) electrons. The van der Waals surface area contributed by atoms with Gasteiger partial charge in [-0.15, -0.1) is 4.91 Å². The smallest absolute Gasteiger partial charge is 0.235 e. The van der Waals surface area contributed by atoms with Crippen LogP contribution in [0.25, 0.3) is 0 Å². The topological polar surface area (TPSA) is 83.4 Å². The molecule has 1 amide bonds. The SMILES string of the molecule is CC(=O)NNc1nc(C)c(N=O)s1. The summed E-state index contributed by atoms with van der Waals surface area (Å²) in [7, 11) is 0. The summed E-state index contributed by atoms with van der Waals surface area (Å²) in [5.74, 6) is -0.228. The number of nitrogens with one attached hydrogen (secondary N) is 2. The molecule has 0 saturated carbocycles. The summed E-state index contributed by atoms with van der Waals surface area (Å²) in [6, 6.07) is 0. The van der Waals surface area contributed by atoms with Gasteiger partial charge >= 0.3 is 0 Å². The molecule has 0 spiro atoms. The van der Waals surface area contributed by atoms with E-state index in [9.17, 15) is 9.70 Å².